The van der Waals surface area contributed by atoms with Crippen molar-refractivity contribution in [1.29, 1.82) is 0 Å². The van der Waals surface area contributed by atoms with Gasteiger partial charge in [0.2, 0.25) is 21.8 Å². The Balaban J connectivity index is 2.02. The topological polar surface area (TPSA) is 86.8 Å². The zero-order chi connectivity index (χ0) is 27.7. The van der Waals surface area contributed by atoms with Crippen molar-refractivity contribution in [2.75, 3.05) is 23.7 Å². The van der Waals surface area contributed by atoms with Crippen LogP contribution in [-0.4, -0.2) is 50.5 Å². The second-order valence-corrected chi connectivity index (χ2v) is 12.4. The maximum absolute atomic E-state index is 14.0. The van der Waals surface area contributed by atoms with Crippen molar-refractivity contribution in [1.82, 2.24) is 10.2 Å². The summed E-state index contributed by atoms with van der Waals surface area (Å²) in [5, 5.41) is 2.94. The van der Waals surface area contributed by atoms with Gasteiger partial charge in [0.1, 0.15) is 12.6 Å². The molecule has 1 atom stereocenters. The zero-order valence-corrected chi connectivity index (χ0v) is 24.9. The molecule has 0 unspecified atom stereocenters. The van der Waals surface area contributed by atoms with Crippen LogP contribution in [-0.2, 0) is 32.6 Å². The molecule has 3 aromatic carbocycles. The molecule has 0 saturated carbocycles. The van der Waals surface area contributed by atoms with Gasteiger partial charge in [-0.25, -0.2) is 8.42 Å². The molecular weight excluding hydrogens is 613 g/mol. The standard InChI is InChI=1S/C29H34IN3O4S/c1-4-18-31-29(35)27(19-23-8-6-5-7-9-23)32(20-24-12-10-22(2)11-13-24)28(34)21-33(38(3,36)37)26-16-14-25(30)15-17-26/h5-17,27H,4,18-21H2,1-3H3,(H,31,35)/t27-/m1/s1. The van der Waals surface area contributed by atoms with Crippen LogP contribution in [0.4, 0.5) is 5.69 Å². The molecule has 0 radical (unpaired) electrons. The molecule has 7 nitrogen and oxygen atoms in total. The summed E-state index contributed by atoms with van der Waals surface area (Å²) < 4.78 is 27.6. The Morgan fingerprint density at radius 3 is 2.13 bits per heavy atom. The molecule has 9 heteroatoms. The predicted molar refractivity (Wildman–Crippen MR) is 160 cm³/mol. The number of benzene rings is 3. The number of carbonyl (C=O) groups excluding carboxylic acids is 2. The van der Waals surface area contributed by atoms with Crippen LogP contribution in [0.3, 0.4) is 0 Å². The third-order valence-corrected chi connectivity index (χ3v) is 7.95. The number of hydrogen-bond acceptors (Lipinski definition) is 4. The van der Waals surface area contributed by atoms with Crippen molar-refractivity contribution in [2.24, 2.45) is 0 Å². The molecule has 0 aliphatic heterocycles. The molecule has 0 bridgehead atoms. The Morgan fingerprint density at radius 2 is 1.55 bits per heavy atom. The Bertz CT molecular complexity index is 1310. The number of amides is 2. The highest BCUT2D eigenvalue weighted by molar-refractivity contribution is 14.1. The number of anilines is 1. The van der Waals surface area contributed by atoms with Gasteiger partial charge in [0, 0.05) is 23.1 Å². The van der Waals surface area contributed by atoms with Crippen molar-refractivity contribution >= 4 is 50.1 Å². The second kappa shape index (κ2) is 13.7. The molecule has 0 fully saturated rings. The summed E-state index contributed by atoms with van der Waals surface area (Å²) in [4.78, 5) is 28.9. The van der Waals surface area contributed by atoms with E-state index in [1.165, 1.54) is 4.90 Å². The number of rotatable bonds is 12. The van der Waals surface area contributed by atoms with Gasteiger partial charge < -0.3 is 10.2 Å². The van der Waals surface area contributed by atoms with Gasteiger partial charge in [-0.05, 0) is 71.3 Å². The van der Waals surface area contributed by atoms with Crippen molar-refractivity contribution < 1.29 is 18.0 Å². The first-order chi connectivity index (χ1) is 18.1. The molecule has 0 aromatic heterocycles. The van der Waals surface area contributed by atoms with Gasteiger partial charge in [-0.3, -0.25) is 13.9 Å². The van der Waals surface area contributed by atoms with E-state index < -0.39 is 28.5 Å². The Kier molecular flexibility index (Phi) is 10.7. The van der Waals surface area contributed by atoms with Crippen LogP contribution in [0.2, 0.25) is 0 Å². The first-order valence-electron chi connectivity index (χ1n) is 12.5. The molecule has 38 heavy (non-hydrogen) atoms. The highest BCUT2D eigenvalue weighted by Gasteiger charge is 2.32. The average Bonchev–Trinajstić information content (AvgIpc) is 2.89. The van der Waals surface area contributed by atoms with Gasteiger partial charge >= 0.3 is 0 Å². The van der Waals surface area contributed by atoms with Gasteiger partial charge in [-0.15, -0.1) is 0 Å². The van der Waals surface area contributed by atoms with E-state index in [4.69, 9.17) is 0 Å². The Hall–Kier alpha value is -2.92. The molecule has 3 aromatic rings. The molecule has 3 rings (SSSR count). The number of aryl methyl sites for hydroxylation is 1. The summed E-state index contributed by atoms with van der Waals surface area (Å²) >= 11 is 2.14. The molecule has 2 amide bonds. The molecule has 0 spiro atoms. The smallest absolute Gasteiger partial charge is 0.244 e. The Morgan fingerprint density at radius 1 is 0.921 bits per heavy atom. The highest BCUT2D eigenvalue weighted by Crippen LogP contribution is 2.21. The van der Waals surface area contributed by atoms with E-state index in [1.54, 1.807) is 24.3 Å². The number of carbonyl (C=O) groups is 2. The molecule has 0 aliphatic carbocycles. The molecular formula is C29H34IN3O4S. The van der Waals surface area contributed by atoms with Gasteiger partial charge in [0.25, 0.3) is 0 Å². The van der Waals surface area contributed by atoms with Crippen molar-refractivity contribution in [3.05, 3.63) is 99.1 Å². The van der Waals surface area contributed by atoms with E-state index in [0.29, 0.717) is 18.7 Å². The maximum atomic E-state index is 14.0. The average molecular weight is 648 g/mol. The van der Waals surface area contributed by atoms with E-state index in [0.717, 1.165) is 37.2 Å². The summed E-state index contributed by atoms with van der Waals surface area (Å²) in [5.74, 6) is -0.724. The minimum absolute atomic E-state index is 0.167. The van der Waals surface area contributed by atoms with Gasteiger partial charge in [0.15, 0.2) is 0 Å². The van der Waals surface area contributed by atoms with Crippen molar-refractivity contribution in [3.8, 4) is 0 Å². The van der Waals surface area contributed by atoms with E-state index in [-0.39, 0.29) is 12.5 Å². The lowest BCUT2D eigenvalue weighted by Gasteiger charge is -2.33. The van der Waals surface area contributed by atoms with Crippen LogP contribution in [0.15, 0.2) is 78.9 Å². The predicted octanol–water partition coefficient (Wildman–Crippen LogP) is 4.53. The second-order valence-electron chi connectivity index (χ2n) is 9.25. The molecule has 1 N–H and O–H groups in total. The van der Waals surface area contributed by atoms with Crippen LogP contribution in [0.25, 0.3) is 0 Å². The van der Waals surface area contributed by atoms with Crippen LogP contribution in [0, 0.1) is 10.5 Å². The van der Waals surface area contributed by atoms with Crippen molar-refractivity contribution in [3.63, 3.8) is 0 Å². The minimum Gasteiger partial charge on any atom is -0.354 e. The van der Waals surface area contributed by atoms with Gasteiger partial charge in [-0.2, -0.15) is 0 Å². The number of nitrogens with one attached hydrogen (secondary N) is 1. The van der Waals surface area contributed by atoms with E-state index in [1.807, 2.05) is 68.4 Å². The fraction of sp³-hybridized carbons (Fsp3) is 0.310. The van der Waals surface area contributed by atoms with Crippen LogP contribution >= 0.6 is 22.6 Å². The van der Waals surface area contributed by atoms with Crippen LogP contribution < -0.4 is 9.62 Å². The molecule has 0 saturated heterocycles. The number of hydrogen-bond donors (Lipinski definition) is 1. The largest absolute Gasteiger partial charge is 0.354 e. The van der Waals surface area contributed by atoms with Crippen LogP contribution in [0.1, 0.15) is 30.0 Å². The summed E-state index contributed by atoms with van der Waals surface area (Å²) in [6, 6.07) is 23.4. The summed E-state index contributed by atoms with van der Waals surface area (Å²) in [5.41, 5.74) is 3.23. The van der Waals surface area contributed by atoms with Crippen LogP contribution in [0.5, 0.6) is 0 Å². The first kappa shape index (κ1) is 29.6. The van der Waals surface area contributed by atoms with E-state index in [9.17, 15) is 18.0 Å². The monoisotopic (exact) mass is 647 g/mol. The number of nitrogens with zero attached hydrogens (tertiary/aromatic N) is 2. The molecule has 0 heterocycles. The summed E-state index contributed by atoms with van der Waals surface area (Å²) in [6.07, 6.45) is 2.14. The number of halogens is 1. The third-order valence-electron chi connectivity index (χ3n) is 6.09. The normalized spacial score (nSPS) is 12.0. The third kappa shape index (κ3) is 8.56. The lowest BCUT2D eigenvalue weighted by atomic mass is 10.0. The molecule has 202 valence electrons. The lowest BCUT2D eigenvalue weighted by molar-refractivity contribution is -0.140. The fourth-order valence-corrected chi connectivity index (χ4v) is 5.24. The van der Waals surface area contributed by atoms with Gasteiger partial charge in [0.05, 0.1) is 11.9 Å². The fourth-order valence-electron chi connectivity index (χ4n) is 4.03. The van der Waals surface area contributed by atoms with E-state index >= 15 is 0 Å². The molecule has 0 aliphatic rings. The van der Waals surface area contributed by atoms with Gasteiger partial charge in [-0.1, -0.05) is 67.1 Å². The van der Waals surface area contributed by atoms with Crippen molar-refractivity contribution in [2.45, 2.75) is 39.3 Å². The number of sulfonamides is 1. The highest BCUT2D eigenvalue weighted by atomic mass is 127. The maximum Gasteiger partial charge on any atom is 0.244 e. The first-order valence-corrected chi connectivity index (χ1v) is 15.4. The Labute approximate surface area is 239 Å². The summed E-state index contributed by atoms with van der Waals surface area (Å²) in [7, 11) is -3.77. The van der Waals surface area contributed by atoms with E-state index in [2.05, 4.69) is 27.9 Å². The lowest BCUT2D eigenvalue weighted by Crippen LogP contribution is -2.53. The zero-order valence-electron chi connectivity index (χ0n) is 21.9. The quantitative estimate of drug-likeness (QED) is 0.293. The SMILES string of the molecule is CCCNC(=O)[C@@H](Cc1ccccc1)N(Cc1ccc(C)cc1)C(=O)CN(c1ccc(I)cc1)S(C)(=O)=O. The minimum atomic E-state index is -3.77. The summed E-state index contributed by atoms with van der Waals surface area (Å²) in [6.45, 7) is 4.17.